The van der Waals surface area contributed by atoms with E-state index in [1.807, 2.05) is 0 Å². The molecule has 1 aliphatic carbocycles. The molecule has 0 bridgehead atoms. The summed E-state index contributed by atoms with van der Waals surface area (Å²) in [6, 6.07) is 18.3. The fraction of sp³-hybridized carbons (Fsp3) is 0.458. The van der Waals surface area contributed by atoms with Crippen molar-refractivity contribution in [1.82, 2.24) is 9.80 Å². The number of hydrogen-bond acceptors (Lipinski definition) is 3. The number of aryl methyl sites for hydroxylation is 2. The molecular formula is C24H31ClN2O2. The van der Waals surface area contributed by atoms with E-state index in [1.54, 1.807) is 0 Å². The van der Waals surface area contributed by atoms with Crippen LogP contribution in [0.15, 0.2) is 48.5 Å². The molecule has 2 aromatic rings. The summed E-state index contributed by atoms with van der Waals surface area (Å²) in [5.41, 5.74) is 5.92. The van der Waals surface area contributed by atoms with Crippen molar-refractivity contribution >= 4 is 18.4 Å². The molecule has 1 N–H and O–H groups in total. The van der Waals surface area contributed by atoms with Gasteiger partial charge in [-0.15, -0.1) is 12.4 Å². The standard InChI is InChI=1S/C24H30N2O2.ClH/c27-23(28)11-5-6-14-25-15-17-26(18-16-25)24-21-9-3-1-7-19(21)12-13-20-8-2-4-10-22(20)24;/h1-4,7-10,24H,5-6,11-18H2,(H,27,28);1H. The van der Waals surface area contributed by atoms with Crippen LogP contribution in [0.5, 0.6) is 0 Å². The minimum absolute atomic E-state index is 0. The van der Waals surface area contributed by atoms with Crippen LogP contribution in [0.3, 0.4) is 0 Å². The summed E-state index contributed by atoms with van der Waals surface area (Å²) in [6.45, 7) is 5.26. The first kappa shape index (κ1) is 21.8. The third-order valence-corrected chi connectivity index (χ3v) is 6.25. The predicted molar refractivity (Wildman–Crippen MR) is 119 cm³/mol. The Balaban J connectivity index is 0.00000240. The van der Waals surface area contributed by atoms with Gasteiger partial charge in [-0.25, -0.2) is 0 Å². The fourth-order valence-corrected chi connectivity index (χ4v) is 4.74. The molecule has 1 saturated heterocycles. The number of piperazine rings is 1. The predicted octanol–water partition coefficient (Wildman–Crippen LogP) is 4.17. The number of carboxylic acids is 1. The van der Waals surface area contributed by atoms with Crippen molar-refractivity contribution < 1.29 is 9.90 Å². The molecule has 4 rings (SSSR count). The maximum absolute atomic E-state index is 10.7. The Hall–Kier alpha value is -1.88. The number of rotatable bonds is 6. The van der Waals surface area contributed by atoms with E-state index in [1.165, 1.54) is 22.3 Å². The van der Waals surface area contributed by atoms with Crippen LogP contribution in [0, 0.1) is 0 Å². The number of hydrogen-bond donors (Lipinski definition) is 1. The molecule has 2 aliphatic rings. The highest BCUT2D eigenvalue weighted by Gasteiger charge is 2.30. The van der Waals surface area contributed by atoms with E-state index in [4.69, 9.17) is 5.11 Å². The average molecular weight is 415 g/mol. The summed E-state index contributed by atoms with van der Waals surface area (Å²) in [6.07, 6.45) is 4.27. The van der Waals surface area contributed by atoms with Crippen molar-refractivity contribution in [2.45, 2.75) is 38.1 Å². The monoisotopic (exact) mass is 414 g/mol. The molecule has 1 fully saturated rings. The lowest BCUT2D eigenvalue weighted by molar-refractivity contribution is -0.137. The maximum Gasteiger partial charge on any atom is 0.303 e. The van der Waals surface area contributed by atoms with Gasteiger partial charge in [-0.05, 0) is 54.5 Å². The molecule has 0 saturated carbocycles. The molecule has 1 aliphatic heterocycles. The minimum atomic E-state index is -0.685. The SMILES string of the molecule is Cl.O=C(O)CCCCN1CCN(C2c3ccccc3CCc3ccccc32)CC1. The lowest BCUT2D eigenvalue weighted by Gasteiger charge is -2.40. The van der Waals surface area contributed by atoms with Crippen LogP contribution in [0.1, 0.15) is 47.6 Å². The maximum atomic E-state index is 10.7. The molecule has 0 aromatic heterocycles. The van der Waals surface area contributed by atoms with Crippen molar-refractivity contribution in [3.05, 3.63) is 70.8 Å². The second-order valence-corrected chi connectivity index (χ2v) is 8.03. The third-order valence-electron chi connectivity index (χ3n) is 6.25. The second-order valence-electron chi connectivity index (χ2n) is 8.03. The van der Waals surface area contributed by atoms with E-state index in [-0.39, 0.29) is 18.8 Å². The van der Waals surface area contributed by atoms with Gasteiger partial charge in [-0.3, -0.25) is 9.69 Å². The lowest BCUT2D eigenvalue weighted by Crippen LogP contribution is -2.48. The molecule has 29 heavy (non-hydrogen) atoms. The Labute approximate surface area is 179 Å². The van der Waals surface area contributed by atoms with Crippen molar-refractivity contribution in [3.63, 3.8) is 0 Å². The Morgan fingerprint density at radius 2 is 1.41 bits per heavy atom. The van der Waals surface area contributed by atoms with Gasteiger partial charge in [0.2, 0.25) is 0 Å². The second kappa shape index (κ2) is 10.2. The number of fused-ring (bicyclic) bond motifs is 2. The quantitative estimate of drug-likeness (QED) is 0.720. The molecule has 156 valence electrons. The average Bonchev–Trinajstić information content (AvgIpc) is 2.89. The van der Waals surface area contributed by atoms with Gasteiger partial charge < -0.3 is 10.0 Å². The van der Waals surface area contributed by atoms with Gasteiger partial charge in [0, 0.05) is 32.6 Å². The first-order chi connectivity index (χ1) is 13.7. The zero-order chi connectivity index (χ0) is 19.3. The number of unbranched alkanes of at least 4 members (excludes halogenated alkanes) is 1. The molecule has 2 aromatic carbocycles. The summed E-state index contributed by atoms with van der Waals surface area (Å²) in [4.78, 5) is 15.8. The summed E-state index contributed by atoms with van der Waals surface area (Å²) in [7, 11) is 0. The molecule has 0 amide bonds. The smallest absolute Gasteiger partial charge is 0.303 e. The van der Waals surface area contributed by atoms with E-state index in [2.05, 4.69) is 58.3 Å². The number of nitrogens with zero attached hydrogens (tertiary/aromatic N) is 2. The zero-order valence-corrected chi connectivity index (χ0v) is 17.7. The van der Waals surface area contributed by atoms with Crippen LogP contribution >= 0.6 is 12.4 Å². The van der Waals surface area contributed by atoms with Gasteiger partial charge in [0.1, 0.15) is 0 Å². The van der Waals surface area contributed by atoms with E-state index in [9.17, 15) is 4.79 Å². The van der Waals surface area contributed by atoms with Crippen LogP contribution in [-0.2, 0) is 17.6 Å². The Bertz CT molecular complexity index is 771. The molecule has 0 spiro atoms. The highest BCUT2D eigenvalue weighted by molar-refractivity contribution is 5.85. The number of halogens is 1. The third kappa shape index (κ3) is 5.19. The van der Waals surface area contributed by atoms with Crippen molar-refractivity contribution in [1.29, 1.82) is 0 Å². The number of carbonyl (C=O) groups is 1. The number of benzene rings is 2. The highest BCUT2D eigenvalue weighted by atomic mass is 35.5. The molecule has 0 atom stereocenters. The number of carboxylic acid groups (broad SMARTS) is 1. The van der Waals surface area contributed by atoms with Gasteiger partial charge in [-0.2, -0.15) is 0 Å². The zero-order valence-electron chi connectivity index (χ0n) is 16.9. The summed E-state index contributed by atoms with van der Waals surface area (Å²) in [5, 5.41) is 8.79. The first-order valence-electron chi connectivity index (χ1n) is 10.6. The van der Waals surface area contributed by atoms with Crippen molar-refractivity contribution in [2.24, 2.45) is 0 Å². The molecule has 5 heteroatoms. The molecule has 1 heterocycles. The molecule has 0 unspecified atom stereocenters. The van der Waals surface area contributed by atoms with Gasteiger partial charge in [-0.1, -0.05) is 48.5 Å². The van der Waals surface area contributed by atoms with Crippen LogP contribution in [-0.4, -0.2) is 53.6 Å². The van der Waals surface area contributed by atoms with E-state index in [0.29, 0.717) is 6.04 Å². The number of aliphatic carboxylic acids is 1. The van der Waals surface area contributed by atoms with Crippen LogP contribution in [0.4, 0.5) is 0 Å². The van der Waals surface area contributed by atoms with E-state index >= 15 is 0 Å². The molecule has 0 radical (unpaired) electrons. The van der Waals surface area contributed by atoms with Gasteiger partial charge in [0.15, 0.2) is 0 Å². The summed E-state index contributed by atoms with van der Waals surface area (Å²) < 4.78 is 0. The van der Waals surface area contributed by atoms with Crippen molar-refractivity contribution in [3.8, 4) is 0 Å². The summed E-state index contributed by atoms with van der Waals surface area (Å²) >= 11 is 0. The van der Waals surface area contributed by atoms with E-state index < -0.39 is 5.97 Å². The fourth-order valence-electron chi connectivity index (χ4n) is 4.74. The van der Waals surface area contributed by atoms with Crippen LogP contribution < -0.4 is 0 Å². The lowest BCUT2D eigenvalue weighted by atomic mass is 9.92. The Morgan fingerprint density at radius 1 is 0.862 bits per heavy atom. The first-order valence-corrected chi connectivity index (χ1v) is 10.6. The normalized spacial score (nSPS) is 17.7. The van der Waals surface area contributed by atoms with Gasteiger partial charge >= 0.3 is 5.97 Å². The van der Waals surface area contributed by atoms with Gasteiger partial charge in [0.05, 0.1) is 6.04 Å². The molecule has 4 nitrogen and oxygen atoms in total. The molecular weight excluding hydrogens is 384 g/mol. The Morgan fingerprint density at radius 3 is 1.97 bits per heavy atom. The topological polar surface area (TPSA) is 43.8 Å². The van der Waals surface area contributed by atoms with Crippen molar-refractivity contribution in [2.75, 3.05) is 32.7 Å². The largest absolute Gasteiger partial charge is 0.481 e. The Kier molecular flexibility index (Phi) is 7.70. The van der Waals surface area contributed by atoms with Crippen LogP contribution in [0.25, 0.3) is 0 Å². The summed E-state index contributed by atoms with van der Waals surface area (Å²) in [5.74, 6) is -0.685. The minimum Gasteiger partial charge on any atom is -0.481 e. The van der Waals surface area contributed by atoms with Crippen LogP contribution in [0.2, 0.25) is 0 Å². The van der Waals surface area contributed by atoms with E-state index in [0.717, 1.165) is 58.4 Å². The highest BCUT2D eigenvalue weighted by Crippen LogP contribution is 2.37. The van der Waals surface area contributed by atoms with Gasteiger partial charge in [0.25, 0.3) is 0 Å².